The fourth-order valence-corrected chi connectivity index (χ4v) is 7.44. The second-order valence-corrected chi connectivity index (χ2v) is 17.1. The minimum atomic E-state index is -0.765. The zero-order valence-electron chi connectivity index (χ0n) is 38.4. The van der Waals surface area contributed by atoms with Gasteiger partial charge in [0.2, 0.25) is 0 Å². The van der Waals surface area contributed by atoms with Crippen LogP contribution >= 0.6 is 0 Å². The van der Waals surface area contributed by atoms with Crippen molar-refractivity contribution in [3.63, 3.8) is 0 Å². The normalized spacial score (nSPS) is 12.0. The van der Waals surface area contributed by atoms with E-state index in [1.54, 1.807) is 0 Å². The smallest absolute Gasteiger partial charge is 0.306 e. The molecular formula is C51H96O6. The van der Waals surface area contributed by atoms with Gasteiger partial charge in [-0.1, -0.05) is 226 Å². The third-order valence-electron chi connectivity index (χ3n) is 11.3. The first kappa shape index (κ1) is 55.2. The molecule has 0 aromatic rings. The molecule has 0 saturated carbocycles. The Labute approximate surface area is 354 Å². The number of ether oxygens (including phenoxy) is 3. The van der Waals surface area contributed by atoms with Crippen LogP contribution < -0.4 is 0 Å². The molecule has 0 aliphatic carbocycles. The quantitative estimate of drug-likeness (QED) is 0.0264. The highest BCUT2D eigenvalue weighted by atomic mass is 16.6. The summed E-state index contributed by atoms with van der Waals surface area (Å²) >= 11 is 0. The van der Waals surface area contributed by atoms with Crippen LogP contribution in [0.4, 0.5) is 0 Å². The minimum absolute atomic E-state index is 0.0674. The Hall–Kier alpha value is -1.85. The maximum atomic E-state index is 12.8. The fourth-order valence-electron chi connectivity index (χ4n) is 7.44. The summed E-state index contributed by atoms with van der Waals surface area (Å²) in [6.45, 7) is 6.64. The van der Waals surface area contributed by atoms with Crippen LogP contribution in [0, 0.1) is 0 Å². The van der Waals surface area contributed by atoms with Crippen LogP contribution in [0.1, 0.15) is 278 Å². The average Bonchev–Trinajstić information content (AvgIpc) is 3.21. The molecule has 0 saturated heterocycles. The summed E-state index contributed by atoms with van der Waals surface area (Å²) in [4.78, 5) is 37.9. The number of carbonyl (C=O) groups excluding carboxylic acids is 3. The molecule has 0 unspecified atom stereocenters. The van der Waals surface area contributed by atoms with E-state index >= 15 is 0 Å². The molecule has 0 heterocycles. The molecular weight excluding hydrogens is 709 g/mol. The van der Waals surface area contributed by atoms with Gasteiger partial charge < -0.3 is 14.2 Å². The Kier molecular flexibility index (Phi) is 45.3. The van der Waals surface area contributed by atoms with Crippen molar-refractivity contribution in [3.8, 4) is 0 Å². The van der Waals surface area contributed by atoms with E-state index in [-0.39, 0.29) is 31.1 Å². The molecule has 6 heteroatoms. The minimum Gasteiger partial charge on any atom is -0.462 e. The second kappa shape index (κ2) is 46.8. The zero-order chi connectivity index (χ0) is 41.5. The highest BCUT2D eigenvalue weighted by Crippen LogP contribution is 2.16. The van der Waals surface area contributed by atoms with E-state index in [1.165, 1.54) is 173 Å². The van der Waals surface area contributed by atoms with Gasteiger partial charge in [-0.05, 0) is 44.9 Å². The van der Waals surface area contributed by atoms with Crippen LogP contribution in [0.2, 0.25) is 0 Å². The van der Waals surface area contributed by atoms with Crippen LogP contribution in [0.15, 0.2) is 12.2 Å². The Morgan fingerprint density at radius 1 is 0.333 bits per heavy atom. The monoisotopic (exact) mass is 805 g/mol. The first-order valence-electron chi connectivity index (χ1n) is 25.2. The molecule has 0 radical (unpaired) electrons. The van der Waals surface area contributed by atoms with Gasteiger partial charge in [0.05, 0.1) is 0 Å². The summed E-state index contributed by atoms with van der Waals surface area (Å²) in [6.07, 6.45) is 50.4. The highest BCUT2D eigenvalue weighted by molar-refractivity contribution is 5.71. The predicted molar refractivity (Wildman–Crippen MR) is 243 cm³/mol. The summed E-state index contributed by atoms with van der Waals surface area (Å²) in [7, 11) is 0. The summed E-state index contributed by atoms with van der Waals surface area (Å²) < 4.78 is 16.8. The van der Waals surface area contributed by atoms with E-state index in [2.05, 4.69) is 32.9 Å². The van der Waals surface area contributed by atoms with Crippen LogP contribution in [-0.4, -0.2) is 37.2 Å². The van der Waals surface area contributed by atoms with Crippen molar-refractivity contribution in [1.29, 1.82) is 0 Å². The predicted octanol–water partition coefficient (Wildman–Crippen LogP) is 16.2. The lowest BCUT2D eigenvalue weighted by Gasteiger charge is -2.18. The molecule has 0 spiro atoms. The molecule has 0 aliphatic rings. The van der Waals surface area contributed by atoms with Gasteiger partial charge in [0.25, 0.3) is 0 Å². The van der Waals surface area contributed by atoms with Crippen molar-refractivity contribution < 1.29 is 28.6 Å². The van der Waals surface area contributed by atoms with Crippen molar-refractivity contribution in [2.45, 2.75) is 284 Å². The SMILES string of the molecule is CCCCCCC=CCCCCCCCC(=O)OC[C@@H](COC(=O)CCCCCCCCCCCCCCC)OC(=O)CCCCCCCCCCCCCCC. The summed E-state index contributed by atoms with van der Waals surface area (Å²) in [5.41, 5.74) is 0. The van der Waals surface area contributed by atoms with E-state index in [0.717, 1.165) is 64.2 Å². The lowest BCUT2D eigenvalue weighted by molar-refractivity contribution is -0.167. The lowest BCUT2D eigenvalue weighted by atomic mass is 10.0. The van der Waals surface area contributed by atoms with Crippen LogP contribution in [0.25, 0.3) is 0 Å². The van der Waals surface area contributed by atoms with Crippen molar-refractivity contribution in [1.82, 2.24) is 0 Å². The van der Waals surface area contributed by atoms with E-state index < -0.39 is 6.10 Å². The van der Waals surface area contributed by atoms with Gasteiger partial charge >= 0.3 is 17.9 Å². The molecule has 1 atom stereocenters. The van der Waals surface area contributed by atoms with E-state index in [0.29, 0.717) is 19.3 Å². The van der Waals surface area contributed by atoms with Crippen LogP contribution in [-0.2, 0) is 28.6 Å². The zero-order valence-corrected chi connectivity index (χ0v) is 38.4. The number of hydrogen-bond donors (Lipinski definition) is 0. The third kappa shape index (κ3) is 45.1. The number of carbonyl (C=O) groups is 3. The number of rotatable bonds is 46. The lowest BCUT2D eigenvalue weighted by Crippen LogP contribution is -2.30. The maximum Gasteiger partial charge on any atom is 0.306 e. The van der Waals surface area contributed by atoms with Gasteiger partial charge in [0, 0.05) is 19.3 Å². The average molecular weight is 805 g/mol. The molecule has 6 nitrogen and oxygen atoms in total. The Bertz CT molecular complexity index is 885. The summed E-state index contributed by atoms with van der Waals surface area (Å²) in [6, 6.07) is 0. The Morgan fingerprint density at radius 2 is 0.579 bits per heavy atom. The third-order valence-corrected chi connectivity index (χ3v) is 11.3. The van der Waals surface area contributed by atoms with Gasteiger partial charge in [-0.2, -0.15) is 0 Å². The molecule has 0 aromatic carbocycles. The molecule has 0 bridgehead atoms. The molecule has 0 rings (SSSR count). The molecule has 336 valence electrons. The first-order chi connectivity index (χ1) is 28.0. The molecule has 0 amide bonds. The molecule has 0 aromatic heterocycles. The van der Waals surface area contributed by atoms with E-state index in [4.69, 9.17) is 14.2 Å². The topological polar surface area (TPSA) is 78.9 Å². The van der Waals surface area contributed by atoms with Crippen LogP contribution in [0.5, 0.6) is 0 Å². The first-order valence-corrected chi connectivity index (χ1v) is 25.2. The molecule has 0 fully saturated rings. The van der Waals surface area contributed by atoms with Gasteiger partial charge in [-0.3, -0.25) is 14.4 Å². The van der Waals surface area contributed by atoms with Crippen molar-refractivity contribution in [3.05, 3.63) is 12.2 Å². The number of hydrogen-bond acceptors (Lipinski definition) is 6. The summed E-state index contributed by atoms with van der Waals surface area (Å²) in [5, 5.41) is 0. The summed E-state index contributed by atoms with van der Waals surface area (Å²) in [5.74, 6) is -0.862. The van der Waals surface area contributed by atoms with E-state index in [1.807, 2.05) is 0 Å². The maximum absolute atomic E-state index is 12.8. The molecule has 57 heavy (non-hydrogen) atoms. The molecule has 0 aliphatic heterocycles. The van der Waals surface area contributed by atoms with Crippen molar-refractivity contribution in [2.75, 3.05) is 13.2 Å². The second-order valence-electron chi connectivity index (χ2n) is 17.1. The van der Waals surface area contributed by atoms with Gasteiger partial charge in [0.15, 0.2) is 6.10 Å². The van der Waals surface area contributed by atoms with Crippen LogP contribution in [0.3, 0.4) is 0 Å². The number of allylic oxidation sites excluding steroid dienone is 2. The van der Waals surface area contributed by atoms with Gasteiger partial charge in [-0.15, -0.1) is 0 Å². The van der Waals surface area contributed by atoms with Gasteiger partial charge in [-0.25, -0.2) is 0 Å². The standard InChI is InChI=1S/C51H96O6/c1-4-7-10-13-16-19-22-25-28-31-34-37-40-43-49(52)55-46-48(57-51(54)45-42-39-36-33-30-27-24-21-18-15-12-9-6-3)47-56-50(53)44-41-38-35-32-29-26-23-20-17-14-11-8-5-2/h19,22,48H,4-18,20-21,23-47H2,1-3H3/t48-/m0/s1. The highest BCUT2D eigenvalue weighted by Gasteiger charge is 2.19. The largest absolute Gasteiger partial charge is 0.462 e. The van der Waals surface area contributed by atoms with E-state index in [9.17, 15) is 14.4 Å². The van der Waals surface area contributed by atoms with Gasteiger partial charge in [0.1, 0.15) is 13.2 Å². The Balaban J connectivity index is 4.34. The van der Waals surface area contributed by atoms with Crippen molar-refractivity contribution >= 4 is 17.9 Å². The molecule has 0 N–H and O–H groups in total. The number of unbranched alkanes of at least 4 members (excludes halogenated alkanes) is 33. The fraction of sp³-hybridized carbons (Fsp3) is 0.902. The van der Waals surface area contributed by atoms with Crippen molar-refractivity contribution in [2.24, 2.45) is 0 Å². The Morgan fingerprint density at radius 3 is 0.895 bits per heavy atom. The number of esters is 3.